The van der Waals surface area contributed by atoms with E-state index in [1.807, 2.05) is 42.5 Å². The van der Waals surface area contributed by atoms with Gasteiger partial charge in [-0.2, -0.15) is 0 Å². The van der Waals surface area contributed by atoms with E-state index < -0.39 is 0 Å². The minimum atomic E-state index is -0.256. The molecule has 1 aliphatic carbocycles. The molecule has 1 aliphatic rings. The lowest BCUT2D eigenvalue weighted by atomic mass is 9.93. The standard InChI is InChI=1S/C31H30FNO2S.CH5N/c1-20(31-30(35)27-10-6-7-11-29(27)36-31)33(26-8-4-3-5-9-26)19-25-18-24(16-17-28(25)32)23-14-12-22(13-15-23)21(2)34;1-2/h6-7,10-18,26,35H,1,3-5,8-9,19H2,2H3;2H2,1H3. The average Bonchev–Trinajstić information content (AvgIpc) is 3.30. The van der Waals surface area contributed by atoms with Gasteiger partial charge in [0.2, 0.25) is 0 Å². The minimum Gasteiger partial charge on any atom is -0.506 e. The second-order valence-corrected chi connectivity index (χ2v) is 10.6. The number of thiophene rings is 1. The number of benzene rings is 3. The first kappa shape index (κ1) is 27.6. The van der Waals surface area contributed by atoms with E-state index in [1.165, 1.54) is 30.9 Å². The zero-order valence-electron chi connectivity index (χ0n) is 22.0. The smallest absolute Gasteiger partial charge is 0.159 e. The Hall–Kier alpha value is -3.48. The van der Waals surface area contributed by atoms with Gasteiger partial charge in [0, 0.05) is 33.8 Å². The van der Waals surface area contributed by atoms with Crippen LogP contribution in [0.3, 0.4) is 0 Å². The Morgan fingerprint density at radius 2 is 1.68 bits per heavy atom. The highest BCUT2D eigenvalue weighted by Gasteiger charge is 2.27. The van der Waals surface area contributed by atoms with Gasteiger partial charge in [0.15, 0.2) is 5.78 Å². The van der Waals surface area contributed by atoms with Gasteiger partial charge >= 0.3 is 0 Å². The summed E-state index contributed by atoms with van der Waals surface area (Å²) in [6.07, 6.45) is 5.54. The van der Waals surface area contributed by atoms with E-state index in [2.05, 4.69) is 17.2 Å². The maximum Gasteiger partial charge on any atom is 0.159 e. The van der Waals surface area contributed by atoms with E-state index >= 15 is 4.39 Å². The van der Waals surface area contributed by atoms with Crippen molar-refractivity contribution in [2.75, 3.05) is 7.05 Å². The molecule has 1 saturated carbocycles. The number of hydrogen-bond acceptors (Lipinski definition) is 5. The Morgan fingerprint density at radius 3 is 2.34 bits per heavy atom. The SMILES string of the molecule is C=C(c1sc2ccccc2c1O)N(Cc1cc(-c2ccc(C(C)=O)cc2)ccc1F)C1CCCCC1.CN. The van der Waals surface area contributed by atoms with Crippen molar-refractivity contribution < 1.29 is 14.3 Å². The van der Waals surface area contributed by atoms with E-state index in [-0.39, 0.29) is 23.4 Å². The molecule has 0 radical (unpaired) electrons. The number of nitrogens with two attached hydrogens (primary N) is 1. The molecule has 5 rings (SSSR count). The molecule has 0 amide bonds. The summed E-state index contributed by atoms with van der Waals surface area (Å²) < 4.78 is 16.2. The molecule has 1 heterocycles. The van der Waals surface area contributed by atoms with Crippen LogP contribution in [0.2, 0.25) is 0 Å². The molecular formula is C32H35FN2O2S. The molecule has 4 aromatic rings. The lowest BCUT2D eigenvalue weighted by molar-refractivity contribution is 0.101. The number of aromatic hydroxyl groups is 1. The predicted molar refractivity (Wildman–Crippen MR) is 157 cm³/mol. The summed E-state index contributed by atoms with van der Waals surface area (Å²) in [5.41, 5.74) is 8.34. The van der Waals surface area contributed by atoms with Crippen LogP contribution >= 0.6 is 11.3 Å². The lowest BCUT2D eigenvalue weighted by Crippen LogP contribution is -2.34. The van der Waals surface area contributed by atoms with Gasteiger partial charge in [0.25, 0.3) is 0 Å². The molecule has 0 unspecified atom stereocenters. The van der Waals surface area contributed by atoms with Crippen LogP contribution in [0.25, 0.3) is 26.9 Å². The van der Waals surface area contributed by atoms with Crippen molar-refractivity contribution in [2.45, 2.75) is 51.6 Å². The fourth-order valence-corrected chi connectivity index (χ4v) is 6.23. The van der Waals surface area contributed by atoms with Crippen LogP contribution in [0.15, 0.2) is 73.3 Å². The van der Waals surface area contributed by atoms with Crippen LogP contribution < -0.4 is 5.73 Å². The number of halogens is 1. The van der Waals surface area contributed by atoms with Crippen LogP contribution in [-0.2, 0) is 6.54 Å². The molecule has 3 aromatic carbocycles. The molecule has 1 aromatic heterocycles. The van der Waals surface area contributed by atoms with E-state index in [0.29, 0.717) is 17.7 Å². The van der Waals surface area contributed by atoms with E-state index in [9.17, 15) is 9.90 Å². The number of Topliss-reactive ketones (excluding diaryl/α,β-unsaturated/α-hetero) is 1. The molecule has 6 heteroatoms. The molecule has 1 fully saturated rings. The zero-order valence-corrected chi connectivity index (χ0v) is 22.9. The molecule has 4 nitrogen and oxygen atoms in total. The van der Waals surface area contributed by atoms with E-state index in [4.69, 9.17) is 0 Å². The van der Waals surface area contributed by atoms with Gasteiger partial charge < -0.3 is 15.7 Å². The van der Waals surface area contributed by atoms with Gasteiger partial charge in [0.05, 0.1) is 10.6 Å². The van der Waals surface area contributed by atoms with E-state index in [0.717, 1.165) is 57.5 Å². The molecule has 38 heavy (non-hydrogen) atoms. The van der Waals surface area contributed by atoms with Gasteiger partial charge in [-0.1, -0.05) is 68.3 Å². The fraction of sp³-hybridized carbons (Fsp3) is 0.281. The molecule has 198 valence electrons. The first-order valence-electron chi connectivity index (χ1n) is 13.1. The normalized spacial score (nSPS) is 13.6. The number of hydrogen-bond donors (Lipinski definition) is 2. The maximum absolute atomic E-state index is 15.1. The first-order valence-corrected chi connectivity index (χ1v) is 13.9. The summed E-state index contributed by atoms with van der Waals surface area (Å²) in [4.78, 5) is 14.6. The van der Waals surface area contributed by atoms with Crippen LogP contribution in [0, 0.1) is 5.82 Å². The van der Waals surface area contributed by atoms with Gasteiger partial charge in [-0.15, -0.1) is 11.3 Å². The Bertz CT molecular complexity index is 1420. The van der Waals surface area contributed by atoms with Crippen molar-refractivity contribution >= 4 is 32.9 Å². The third-order valence-electron chi connectivity index (χ3n) is 7.20. The summed E-state index contributed by atoms with van der Waals surface area (Å²) in [7, 11) is 1.50. The van der Waals surface area contributed by atoms with Crippen molar-refractivity contribution in [1.29, 1.82) is 0 Å². The Morgan fingerprint density at radius 1 is 1.03 bits per heavy atom. The quantitative estimate of drug-likeness (QED) is 0.238. The third kappa shape index (κ3) is 5.82. The summed E-state index contributed by atoms with van der Waals surface area (Å²) in [5, 5.41) is 11.8. The second-order valence-electron chi connectivity index (χ2n) is 9.58. The Kier molecular flexibility index (Phi) is 8.97. The zero-order chi connectivity index (χ0) is 27.2. The second kappa shape index (κ2) is 12.4. The molecule has 0 bridgehead atoms. The monoisotopic (exact) mass is 530 g/mol. The minimum absolute atomic E-state index is 0.0208. The van der Waals surface area contributed by atoms with E-state index in [1.54, 1.807) is 25.1 Å². The number of fused-ring (bicyclic) bond motifs is 1. The van der Waals surface area contributed by atoms with Gasteiger partial charge in [0.1, 0.15) is 11.6 Å². The first-order chi connectivity index (χ1) is 18.4. The number of carbonyl (C=O) groups excluding carboxylic acids is 1. The van der Waals surface area contributed by atoms with Gasteiger partial charge in [-0.05, 0) is 62.2 Å². The van der Waals surface area contributed by atoms with Crippen LogP contribution in [-0.4, -0.2) is 28.9 Å². The highest BCUT2D eigenvalue weighted by atomic mass is 32.1. The third-order valence-corrected chi connectivity index (χ3v) is 8.41. The van der Waals surface area contributed by atoms with Crippen LogP contribution in [0.1, 0.15) is 59.8 Å². The predicted octanol–water partition coefficient (Wildman–Crippen LogP) is 8.00. The number of ketones is 1. The summed E-state index contributed by atoms with van der Waals surface area (Å²) in [5.74, 6) is 0.0157. The number of rotatable bonds is 7. The molecule has 0 aliphatic heterocycles. The summed E-state index contributed by atoms with van der Waals surface area (Å²) >= 11 is 1.53. The van der Waals surface area contributed by atoms with Crippen LogP contribution in [0.5, 0.6) is 5.75 Å². The largest absolute Gasteiger partial charge is 0.506 e. The van der Waals surface area contributed by atoms with Crippen molar-refractivity contribution in [3.8, 4) is 16.9 Å². The van der Waals surface area contributed by atoms with Gasteiger partial charge in [-0.3, -0.25) is 4.79 Å². The molecule has 0 spiro atoms. The Labute approximate surface area is 228 Å². The molecular weight excluding hydrogens is 495 g/mol. The number of nitrogens with zero attached hydrogens (tertiary/aromatic N) is 1. The highest BCUT2D eigenvalue weighted by molar-refractivity contribution is 7.20. The van der Waals surface area contributed by atoms with Crippen molar-refractivity contribution in [3.05, 3.63) is 95.1 Å². The molecule has 0 saturated heterocycles. The lowest BCUT2D eigenvalue weighted by Gasteiger charge is -2.37. The highest BCUT2D eigenvalue weighted by Crippen LogP contribution is 2.43. The molecule has 0 atom stereocenters. The van der Waals surface area contributed by atoms with Crippen molar-refractivity contribution in [1.82, 2.24) is 4.90 Å². The van der Waals surface area contributed by atoms with Crippen LogP contribution in [0.4, 0.5) is 4.39 Å². The van der Waals surface area contributed by atoms with Crippen molar-refractivity contribution in [3.63, 3.8) is 0 Å². The van der Waals surface area contributed by atoms with Gasteiger partial charge in [-0.25, -0.2) is 4.39 Å². The summed E-state index contributed by atoms with van der Waals surface area (Å²) in [6, 6.07) is 20.7. The maximum atomic E-state index is 15.1. The number of carbonyl (C=O) groups is 1. The topological polar surface area (TPSA) is 66.6 Å². The summed E-state index contributed by atoms with van der Waals surface area (Å²) in [6.45, 7) is 6.34. The fourth-order valence-electron chi connectivity index (χ4n) is 5.15. The Balaban J connectivity index is 0.00000164. The average molecular weight is 531 g/mol. The molecule has 3 N–H and O–H groups in total. The van der Waals surface area contributed by atoms with Crippen molar-refractivity contribution in [2.24, 2.45) is 5.73 Å².